The quantitative estimate of drug-likeness (QED) is 0.856. The van der Waals surface area contributed by atoms with Crippen molar-refractivity contribution in [2.24, 2.45) is 0 Å². The molecule has 116 valence electrons. The van der Waals surface area contributed by atoms with Crippen LogP contribution >= 0.6 is 0 Å². The number of H-pyrrole nitrogens is 1. The van der Waals surface area contributed by atoms with Gasteiger partial charge in [-0.2, -0.15) is 5.10 Å². The highest BCUT2D eigenvalue weighted by molar-refractivity contribution is 5.88. The number of nitrogens with zero attached hydrogens (tertiary/aromatic N) is 2. The molecule has 0 saturated heterocycles. The lowest BCUT2D eigenvalue weighted by Crippen LogP contribution is -2.57. The van der Waals surface area contributed by atoms with E-state index in [0.29, 0.717) is 18.5 Å². The van der Waals surface area contributed by atoms with E-state index in [1.54, 1.807) is 11.9 Å². The van der Waals surface area contributed by atoms with Crippen LogP contribution < -0.4 is 0 Å². The number of likely N-dealkylation sites (N-methyl/N-ethyl adjacent to an activating group) is 1. The number of carbonyl (C=O) groups is 2. The maximum atomic E-state index is 12.5. The maximum Gasteiger partial charge on any atom is 0.331 e. The summed E-state index contributed by atoms with van der Waals surface area (Å²) in [6.07, 6.45) is 4.50. The highest BCUT2D eigenvalue weighted by Gasteiger charge is 2.46. The molecule has 1 aromatic rings. The Labute approximate surface area is 124 Å². The first-order chi connectivity index (χ1) is 9.99. The number of hydrogen-bond acceptors (Lipinski definition) is 4. The summed E-state index contributed by atoms with van der Waals surface area (Å²) in [4.78, 5) is 26.3. The Morgan fingerprint density at radius 3 is 2.57 bits per heavy atom. The summed E-state index contributed by atoms with van der Waals surface area (Å²) < 4.78 is 4.96. The van der Waals surface area contributed by atoms with Crippen LogP contribution in [0.3, 0.4) is 0 Å². The molecule has 6 nitrogen and oxygen atoms in total. The Bertz CT molecular complexity index is 518. The number of ether oxygens (including phenoxy) is 1. The molecule has 0 atom stereocenters. The fraction of sp³-hybridized carbons (Fsp3) is 0.667. The van der Waals surface area contributed by atoms with Gasteiger partial charge in [0.2, 0.25) is 5.91 Å². The summed E-state index contributed by atoms with van der Waals surface area (Å²) in [5.74, 6) is -0.412. The number of esters is 1. The SMILES string of the molecule is COC(=O)C1(N(C)C(=O)Cc2cc(C)[nH]n2)CCCCC1. The molecule has 1 saturated carbocycles. The Morgan fingerprint density at radius 2 is 2.05 bits per heavy atom. The molecule has 1 N–H and O–H groups in total. The normalized spacial score (nSPS) is 17.3. The summed E-state index contributed by atoms with van der Waals surface area (Å²) >= 11 is 0. The minimum Gasteiger partial charge on any atom is -0.467 e. The number of hydrogen-bond donors (Lipinski definition) is 1. The number of carbonyl (C=O) groups excluding carboxylic acids is 2. The Hall–Kier alpha value is -1.85. The zero-order valence-corrected chi connectivity index (χ0v) is 12.9. The van der Waals surface area contributed by atoms with Crippen molar-refractivity contribution < 1.29 is 14.3 Å². The molecular weight excluding hydrogens is 270 g/mol. The van der Waals surface area contributed by atoms with Crippen molar-refractivity contribution in [1.29, 1.82) is 0 Å². The van der Waals surface area contributed by atoms with E-state index in [-0.39, 0.29) is 18.3 Å². The summed E-state index contributed by atoms with van der Waals surface area (Å²) in [7, 11) is 3.08. The molecule has 1 aliphatic rings. The smallest absolute Gasteiger partial charge is 0.331 e. The first kappa shape index (κ1) is 15.5. The highest BCUT2D eigenvalue weighted by atomic mass is 16.5. The van der Waals surface area contributed by atoms with E-state index in [4.69, 9.17) is 4.74 Å². The lowest BCUT2D eigenvalue weighted by molar-refractivity contribution is -0.163. The first-order valence-electron chi connectivity index (χ1n) is 7.35. The van der Waals surface area contributed by atoms with E-state index in [1.807, 2.05) is 13.0 Å². The number of amides is 1. The van der Waals surface area contributed by atoms with E-state index in [0.717, 1.165) is 25.0 Å². The second-order valence-corrected chi connectivity index (χ2v) is 5.76. The average Bonchev–Trinajstić information content (AvgIpc) is 2.91. The van der Waals surface area contributed by atoms with Gasteiger partial charge in [-0.05, 0) is 25.8 Å². The molecule has 1 fully saturated rings. The van der Waals surface area contributed by atoms with Gasteiger partial charge in [0.05, 0.1) is 19.2 Å². The van der Waals surface area contributed by atoms with Crippen molar-refractivity contribution in [1.82, 2.24) is 15.1 Å². The van der Waals surface area contributed by atoms with Crippen LogP contribution in [0.15, 0.2) is 6.07 Å². The highest BCUT2D eigenvalue weighted by Crippen LogP contribution is 2.34. The minimum absolute atomic E-state index is 0.103. The Kier molecular flexibility index (Phi) is 4.65. The van der Waals surface area contributed by atoms with Gasteiger partial charge in [-0.25, -0.2) is 4.79 Å². The molecule has 0 unspecified atom stereocenters. The van der Waals surface area contributed by atoms with Gasteiger partial charge in [0, 0.05) is 12.7 Å². The molecule has 0 aliphatic heterocycles. The van der Waals surface area contributed by atoms with E-state index < -0.39 is 5.54 Å². The molecule has 21 heavy (non-hydrogen) atoms. The second kappa shape index (κ2) is 6.28. The van der Waals surface area contributed by atoms with Gasteiger partial charge in [-0.15, -0.1) is 0 Å². The summed E-state index contributed by atoms with van der Waals surface area (Å²) in [5.41, 5.74) is 0.802. The lowest BCUT2D eigenvalue weighted by atomic mass is 9.80. The predicted octanol–water partition coefficient (Wildman–Crippen LogP) is 1.59. The van der Waals surface area contributed by atoms with Crippen LogP contribution in [0.5, 0.6) is 0 Å². The summed E-state index contributed by atoms with van der Waals surface area (Å²) in [6.45, 7) is 1.89. The molecule has 0 radical (unpaired) electrons. The molecule has 0 bridgehead atoms. The number of rotatable bonds is 4. The van der Waals surface area contributed by atoms with E-state index in [1.165, 1.54) is 7.11 Å². The lowest BCUT2D eigenvalue weighted by Gasteiger charge is -2.41. The molecular formula is C15H23N3O3. The van der Waals surface area contributed by atoms with Gasteiger partial charge in [0.1, 0.15) is 5.54 Å². The van der Waals surface area contributed by atoms with Gasteiger partial charge in [0.25, 0.3) is 0 Å². The molecule has 1 heterocycles. The Balaban J connectivity index is 2.15. The third kappa shape index (κ3) is 3.09. The van der Waals surface area contributed by atoms with Crippen molar-refractivity contribution in [2.75, 3.05) is 14.2 Å². The van der Waals surface area contributed by atoms with Gasteiger partial charge < -0.3 is 9.64 Å². The zero-order chi connectivity index (χ0) is 15.5. The van der Waals surface area contributed by atoms with Crippen LogP contribution in [-0.2, 0) is 20.7 Å². The van der Waals surface area contributed by atoms with Gasteiger partial charge in [-0.3, -0.25) is 9.89 Å². The van der Waals surface area contributed by atoms with Crippen molar-refractivity contribution in [3.05, 3.63) is 17.5 Å². The third-order valence-corrected chi connectivity index (χ3v) is 4.35. The maximum absolute atomic E-state index is 12.5. The molecule has 2 rings (SSSR count). The Morgan fingerprint density at radius 1 is 1.38 bits per heavy atom. The molecule has 1 aliphatic carbocycles. The summed E-state index contributed by atoms with van der Waals surface area (Å²) in [6, 6.07) is 1.84. The minimum atomic E-state index is -0.810. The van der Waals surface area contributed by atoms with Gasteiger partial charge >= 0.3 is 5.97 Å². The van der Waals surface area contributed by atoms with Crippen LogP contribution in [0.25, 0.3) is 0 Å². The summed E-state index contributed by atoms with van der Waals surface area (Å²) in [5, 5.41) is 6.91. The monoisotopic (exact) mass is 293 g/mol. The van der Waals surface area contributed by atoms with Crippen molar-refractivity contribution in [2.45, 2.75) is 51.0 Å². The molecule has 0 spiro atoms. The fourth-order valence-electron chi connectivity index (χ4n) is 3.08. The van der Waals surface area contributed by atoms with Crippen LogP contribution in [0, 0.1) is 6.92 Å². The number of nitrogens with one attached hydrogen (secondary N) is 1. The number of aryl methyl sites for hydroxylation is 1. The van der Waals surface area contributed by atoms with E-state index in [2.05, 4.69) is 10.2 Å². The number of aromatic amines is 1. The standard InChI is InChI=1S/C15H23N3O3/c1-11-9-12(17-16-11)10-13(19)18(2)15(14(20)21-3)7-5-4-6-8-15/h9H,4-8,10H2,1-3H3,(H,16,17). The molecule has 1 aromatic heterocycles. The fourth-order valence-corrected chi connectivity index (χ4v) is 3.08. The first-order valence-corrected chi connectivity index (χ1v) is 7.35. The third-order valence-electron chi connectivity index (χ3n) is 4.35. The van der Waals surface area contributed by atoms with Crippen LogP contribution in [0.4, 0.5) is 0 Å². The number of aromatic nitrogens is 2. The molecule has 6 heteroatoms. The van der Waals surface area contributed by atoms with Crippen LogP contribution in [-0.4, -0.2) is 46.7 Å². The van der Waals surface area contributed by atoms with Gasteiger partial charge in [-0.1, -0.05) is 19.3 Å². The molecule has 0 aromatic carbocycles. The van der Waals surface area contributed by atoms with Crippen LogP contribution in [0.2, 0.25) is 0 Å². The van der Waals surface area contributed by atoms with E-state index >= 15 is 0 Å². The number of methoxy groups -OCH3 is 1. The van der Waals surface area contributed by atoms with E-state index in [9.17, 15) is 9.59 Å². The van der Waals surface area contributed by atoms with Crippen LogP contribution in [0.1, 0.15) is 43.5 Å². The van der Waals surface area contributed by atoms with Crippen molar-refractivity contribution >= 4 is 11.9 Å². The average molecular weight is 293 g/mol. The zero-order valence-electron chi connectivity index (χ0n) is 12.9. The largest absolute Gasteiger partial charge is 0.467 e. The second-order valence-electron chi connectivity index (χ2n) is 5.76. The molecule has 1 amide bonds. The topological polar surface area (TPSA) is 75.3 Å². The van der Waals surface area contributed by atoms with Gasteiger partial charge in [0.15, 0.2) is 0 Å². The van der Waals surface area contributed by atoms with Crippen molar-refractivity contribution in [3.8, 4) is 0 Å². The predicted molar refractivity (Wildman–Crippen MR) is 77.6 cm³/mol. The van der Waals surface area contributed by atoms with Crippen molar-refractivity contribution in [3.63, 3.8) is 0 Å².